The molecule has 1 atom stereocenters. The lowest BCUT2D eigenvalue weighted by Gasteiger charge is -2.33. The summed E-state index contributed by atoms with van der Waals surface area (Å²) in [5.74, 6) is 2.80. The molecule has 2 N–H and O–H groups in total. The van der Waals surface area contributed by atoms with Crippen LogP contribution in [0.5, 0.6) is 0 Å². The Morgan fingerprint density at radius 2 is 2.08 bits per heavy atom. The number of hydrogen-bond donors (Lipinski definition) is 1. The summed E-state index contributed by atoms with van der Waals surface area (Å²) in [6.07, 6.45) is 10.4. The molecule has 6 nitrogen and oxygen atoms in total. The molecule has 0 bridgehead atoms. The summed E-state index contributed by atoms with van der Waals surface area (Å²) in [5.41, 5.74) is 8.75. The number of carbonyl (C=O) groups is 1. The Morgan fingerprint density at radius 3 is 2.92 bits per heavy atom. The minimum atomic E-state index is 0.131. The van der Waals surface area contributed by atoms with Crippen LogP contribution >= 0.6 is 0 Å². The van der Waals surface area contributed by atoms with Crippen molar-refractivity contribution in [2.75, 3.05) is 18.8 Å². The van der Waals surface area contributed by atoms with Crippen LogP contribution in [0.4, 0.5) is 5.82 Å². The summed E-state index contributed by atoms with van der Waals surface area (Å²) < 4.78 is 5.90. The van der Waals surface area contributed by atoms with E-state index < -0.39 is 0 Å². The third-order valence-corrected chi connectivity index (χ3v) is 5.66. The molecule has 2 aliphatic rings. The summed E-state index contributed by atoms with van der Waals surface area (Å²) in [6.45, 7) is 3.48. The average Bonchev–Trinajstić information content (AvgIpc) is 2.99. The van der Waals surface area contributed by atoms with Gasteiger partial charge in [-0.25, -0.2) is 4.98 Å². The van der Waals surface area contributed by atoms with Gasteiger partial charge in [0.25, 0.3) is 5.91 Å². The number of fused-ring (bicyclic) bond motifs is 1. The van der Waals surface area contributed by atoms with Crippen molar-refractivity contribution in [2.24, 2.45) is 5.92 Å². The molecule has 1 aliphatic carbocycles. The number of amides is 1. The van der Waals surface area contributed by atoms with Crippen molar-refractivity contribution in [1.82, 2.24) is 14.9 Å². The maximum Gasteiger partial charge on any atom is 0.257 e. The molecule has 26 heavy (non-hydrogen) atoms. The first kappa shape index (κ1) is 17.1. The van der Waals surface area contributed by atoms with Crippen LogP contribution in [0, 0.1) is 12.8 Å². The van der Waals surface area contributed by atoms with Crippen LogP contribution in [0.2, 0.25) is 0 Å². The molecular weight excluding hydrogens is 328 g/mol. The molecule has 1 aliphatic heterocycles. The quantitative estimate of drug-likeness (QED) is 0.916. The van der Waals surface area contributed by atoms with Crippen LogP contribution in [0.25, 0.3) is 0 Å². The molecule has 3 heterocycles. The van der Waals surface area contributed by atoms with E-state index in [0.717, 1.165) is 86.4 Å². The fourth-order valence-electron chi connectivity index (χ4n) is 4.37. The predicted molar refractivity (Wildman–Crippen MR) is 98.9 cm³/mol. The molecule has 138 valence electrons. The normalized spacial score (nSPS) is 20.0. The van der Waals surface area contributed by atoms with Crippen molar-refractivity contribution >= 4 is 11.7 Å². The van der Waals surface area contributed by atoms with E-state index in [4.69, 9.17) is 10.2 Å². The number of anilines is 1. The number of carbonyl (C=O) groups excluding carboxylic acids is 1. The fourth-order valence-corrected chi connectivity index (χ4v) is 4.37. The maximum absolute atomic E-state index is 13.2. The number of hydrogen-bond acceptors (Lipinski definition) is 5. The van der Waals surface area contributed by atoms with Crippen LogP contribution in [0.3, 0.4) is 0 Å². The molecular formula is C20H26N4O2. The lowest BCUT2D eigenvalue weighted by Crippen LogP contribution is -2.41. The monoisotopic (exact) mass is 354 g/mol. The van der Waals surface area contributed by atoms with Gasteiger partial charge in [0.1, 0.15) is 17.3 Å². The third-order valence-electron chi connectivity index (χ3n) is 5.66. The summed E-state index contributed by atoms with van der Waals surface area (Å²) in [5, 5.41) is 0. The lowest BCUT2D eigenvalue weighted by molar-refractivity contribution is 0.0670. The summed E-state index contributed by atoms with van der Waals surface area (Å²) in [6, 6.07) is 0. The summed E-state index contributed by atoms with van der Waals surface area (Å²) in [4.78, 5) is 23.7. The van der Waals surface area contributed by atoms with E-state index in [1.807, 2.05) is 11.8 Å². The molecule has 2 aromatic heterocycles. The van der Waals surface area contributed by atoms with Crippen LogP contribution in [0.15, 0.2) is 16.8 Å². The van der Waals surface area contributed by atoms with Gasteiger partial charge in [0.2, 0.25) is 0 Å². The Kier molecular flexibility index (Phi) is 4.66. The number of nitrogens with zero attached hydrogens (tertiary/aromatic N) is 3. The number of nitrogens with two attached hydrogens (primary N) is 1. The Morgan fingerprint density at radius 1 is 1.27 bits per heavy atom. The Balaban J connectivity index is 1.50. The first-order chi connectivity index (χ1) is 12.6. The molecule has 0 aromatic carbocycles. The smallest absolute Gasteiger partial charge is 0.257 e. The van der Waals surface area contributed by atoms with Gasteiger partial charge < -0.3 is 15.1 Å². The molecule has 0 saturated carbocycles. The van der Waals surface area contributed by atoms with E-state index >= 15 is 0 Å². The zero-order valence-electron chi connectivity index (χ0n) is 15.3. The van der Waals surface area contributed by atoms with E-state index in [-0.39, 0.29) is 5.91 Å². The number of piperidine rings is 1. The number of likely N-dealkylation sites (tertiary alicyclic amines) is 1. The highest BCUT2D eigenvalue weighted by atomic mass is 16.3. The zero-order chi connectivity index (χ0) is 18.1. The van der Waals surface area contributed by atoms with Gasteiger partial charge in [-0.1, -0.05) is 0 Å². The molecule has 1 fully saturated rings. The largest absolute Gasteiger partial charge is 0.465 e. The summed E-state index contributed by atoms with van der Waals surface area (Å²) >= 11 is 0. The highest BCUT2D eigenvalue weighted by molar-refractivity contribution is 5.97. The SMILES string of the molecule is Cc1oc2c(c1C(=O)N1CCC[C@H](Cc3nccnc3N)C1)CCCC2. The van der Waals surface area contributed by atoms with Gasteiger partial charge in [0, 0.05) is 37.5 Å². The first-order valence-electron chi connectivity index (χ1n) is 9.59. The predicted octanol–water partition coefficient (Wildman–Crippen LogP) is 2.93. The van der Waals surface area contributed by atoms with Gasteiger partial charge in [0.15, 0.2) is 0 Å². The maximum atomic E-state index is 13.2. The van der Waals surface area contributed by atoms with E-state index in [1.165, 1.54) is 0 Å². The van der Waals surface area contributed by atoms with E-state index in [9.17, 15) is 4.79 Å². The number of aromatic nitrogens is 2. The van der Waals surface area contributed by atoms with Crippen molar-refractivity contribution in [3.8, 4) is 0 Å². The van der Waals surface area contributed by atoms with Gasteiger partial charge in [-0.05, 0) is 51.4 Å². The van der Waals surface area contributed by atoms with Crippen LogP contribution in [-0.2, 0) is 19.3 Å². The standard InChI is InChI=1S/C20H26N4O2/c1-13-18(15-6-2-3-7-17(15)26-13)20(25)24-10-4-5-14(12-24)11-16-19(21)23-9-8-22-16/h8-9,14H,2-7,10-12H2,1H3,(H2,21,23)/t14-/m1/s1. The second kappa shape index (κ2) is 7.09. The number of furan rings is 1. The second-order valence-corrected chi connectivity index (χ2v) is 7.49. The Labute approximate surface area is 153 Å². The Bertz CT molecular complexity index is 814. The van der Waals surface area contributed by atoms with Crippen molar-refractivity contribution in [2.45, 2.75) is 51.9 Å². The van der Waals surface area contributed by atoms with E-state index in [0.29, 0.717) is 11.7 Å². The molecule has 0 unspecified atom stereocenters. The second-order valence-electron chi connectivity index (χ2n) is 7.49. The van der Waals surface area contributed by atoms with Crippen LogP contribution < -0.4 is 5.73 Å². The lowest BCUT2D eigenvalue weighted by atomic mass is 9.91. The molecule has 6 heteroatoms. The fraction of sp³-hybridized carbons (Fsp3) is 0.550. The molecule has 1 saturated heterocycles. The van der Waals surface area contributed by atoms with Crippen molar-refractivity contribution in [3.05, 3.63) is 40.7 Å². The molecule has 0 radical (unpaired) electrons. The third kappa shape index (κ3) is 3.20. The van der Waals surface area contributed by atoms with Crippen molar-refractivity contribution < 1.29 is 9.21 Å². The van der Waals surface area contributed by atoms with Gasteiger partial charge >= 0.3 is 0 Å². The van der Waals surface area contributed by atoms with Crippen molar-refractivity contribution in [1.29, 1.82) is 0 Å². The average molecular weight is 354 g/mol. The van der Waals surface area contributed by atoms with Gasteiger partial charge in [-0.3, -0.25) is 9.78 Å². The molecule has 4 rings (SSSR count). The highest BCUT2D eigenvalue weighted by Gasteiger charge is 2.31. The van der Waals surface area contributed by atoms with E-state index in [2.05, 4.69) is 9.97 Å². The van der Waals surface area contributed by atoms with Crippen molar-refractivity contribution in [3.63, 3.8) is 0 Å². The van der Waals surface area contributed by atoms with Gasteiger partial charge in [-0.2, -0.15) is 0 Å². The van der Waals surface area contributed by atoms with E-state index in [1.54, 1.807) is 12.4 Å². The van der Waals surface area contributed by atoms with Crippen LogP contribution in [-0.4, -0.2) is 33.9 Å². The number of nitrogen functional groups attached to an aromatic ring is 1. The van der Waals surface area contributed by atoms with Gasteiger partial charge in [0.05, 0.1) is 11.3 Å². The minimum Gasteiger partial charge on any atom is -0.465 e. The number of aryl methyl sites for hydroxylation is 2. The zero-order valence-corrected chi connectivity index (χ0v) is 15.3. The molecule has 2 aromatic rings. The topological polar surface area (TPSA) is 85.2 Å². The number of rotatable bonds is 3. The highest BCUT2D eigenvalue weighted by Crippen LogP contribution is 2.31. The van der Waals surface area contributed by atoms with Gasteiger partial charge in [-0.15, -0.1) is 0 Å². The summed E-state index contributed by atoms with van der Waals surface area (Å²) in [7, 11) is 0. The first-order valence-corrected chi connectivity index (χ1v) is 9.59. The molecule has 1 amide bonds. The minimum absolute atomic E-state index is 0.131. The Hall–Kier alpha value is -2.37. The molecule has 0 spiro atoms. The van der Waals surface area contributed by atoms with Crippen LogP contribution in [0.1, 0.15) is 58.8 Å².